The molecule has 3 aliphatic rings. The maximum absolute atomic E-state index is 14.4. The molecule has 0 unspecified atom stereocenters. The average molecular weight is 646 g/mol. The molecule has 254 valence electrons. The molecule has 1 saturated heterocycles. The van der Waals surface area contributed by atoms with Gasteiger partial charge in [0.2, 0.25) is 5.95 Å². The second kappa shape index (κ2) is 14.3. The van der Waals surface area contributed by atoms with Gasteiger partial charge < -0.3 is 20.6 Å². The van der Waals surface area contributed by atoms with Crippen molar-refractivity contribution in [3.8, 4) is 0 Å². The van der Waals surface area contributed by atoms with E-state index >= 15 is 0 Å². The number of benzene rings is 1. The van der Waals surface area contributed by atoms with Crippen LogP contribution in [0.4, 0.5) is 16.2 Å². The quantitative estimate of drug-likeness (QED) is 0.210. The zero-order valence-electron chi connectivity index (χ0n) is 28.5. The van der Waals surface area contributed by atoms with Gasteiger partial charge in [0.25, 0.3) is 0 Å². The van der Waals surface area contributed by atoms with E-state index in [1.807, 2.05) is 24.0 Å². The predicted molar refractivity (Wildman–Crippen MR) is 183 cm³/mol. The summed E-state index contributed by atoms with van der Waals surface area (Å²) in [5, 5.41) is 21.7. The van der Waals surface area contributed by atoms with Crippen LogP contribution in [0.1, 0.15) is 101 Å². The van der Waals surface area contributed by atoms with Gasteiger partial charge in [-0.2, -0.15) is 10.1 Å². The molecule has 47 heavy (non-hydrogen) atoms. The first-order chi connectivity index (χ1) is 22.6. The number of rotatable bonds is 11. The molecule has 3 aromatic rings. The fourth-order valence-electron chi connectivity index (χ4n) is 8.31. The molecule has 4 atom stereocenters. The number of hydrogen-bond acceptors (Lipinski definition) is 7. The van der Waals surface area contributed by atoms with Gasteiger partial charge in [-0.3, -0.25) is 9.48 Å². The molecule has 1 aromatic carbocycles. The highest BCUT2D eigenvalue weighted by Gasteiger charge is 2.36. The maximum atomic E-state index is 14.4. The molecule has 6 rings (SSSR count). The number of nitrogens with one attached hydrogen (secondary N) is 2. The van der Waals surface area contributed by atoms with Crippen LogP contribution in [0.15, 0.2) is 36.7 Å². The molecule has 2 fully saturated rings. The molecule has 3 heterocycles. The maximum Gasteiger partial charge on any atom is 0.306 e. The van der Waals surface area contributed by atoms with E-state index < -0.39 is 5.97 Å². The summed E-state index contributed by atoms with van der Waals surface area (Å²) in [6, 6.07) is 7.18. The molecule has 9 nitrogen and oxygen atoms in total. The molecule has 1 saturated carbocycles. The fourth-order valence-corrected chi connectivity index (χ4v) is 8.31. The summed E-state index contributed by atoms with van der Waals surface area (Å²) in [6.07, 6.45) is 13.0. The summed E-state index contributed by atoms with van der Waals surface area (Å²) in [5.41, 5.74) is 4.03. The van der Waals surface area contributed by atoms with Crippen molar-refractivity contribution in [2.45, 2.75) is 102 Å². The van der Waals surface area contributed by atoms with Crippen LogP contribution in [0.2, 0.25) is 0 Å². The van der Waals surface area contributed by atoms with Crippen molar-refractivity contribution in [3.63, 3.8) is 0 Å². The first-order valence-electron chi connectivity index (χ1n) is 17.7. The highest BCUT2D eigenvalue weighted by Crippen LogP contribution is 2.42. The number of halogens is 1. The lowest BCUT2D eigenvalue weighted by molar-refractivity contribution is -0.143. The van der Waals surface area contributed by atoms with Gasteiger partial charge in [-0.25, -0.2) is 9.37 Å². The molecule has 2 aliphatic carbocycles. The Morgan fingerprint density at radius 1 is 1.17 bits per heavy atom. The number of likely N-dealkylation sites (tertiary alicyclic amines) is 1. The Morgan fingerprint density at radius 3 is 2.66 bits per heavy atom. The Morgan fingerprint density at radius 2 is 1.98 bits per heavy atom. The minimum atomic E-state index is -0.675. The molecular formula is C37H52FN7O2. The summed E-state index contributed by atoms with van der Waals surface area (Å²) in [4.78, 5) is 24.5. The van der Waals surface area contributed by atoms with Gasteiger partial charge in [-0.1, -0.05) is 32.9 Å². The molecule has 0 amide bonds. The summed E-state index contributed by atoms with van der Waals surface area (Å²) < 4.78 is 16.3. The SMILES string of the molecule is CC[C@H](Nc1nc2c(c(N[C@@H](CN3CCC[C@@H](C)C3)c3cnn(C)c3)n1)C[C@@](C)(c1cccc(F)c1)CC2)C1CCC(C(=O)O)CC1. The van der Waals surface area contributed by atoms with Crippen molar-refractivity contribution in [1.29, 1.82) is 0 Å². The number of hydrogen-bond donors (Lipinski definition) is 3. The molecule has 3 N–H and O–H groups in total. The molecule has 0 bridgehead atoms. The Balaban J connectivity index is 1.33. The number of anilines is 2. The first-order valence-corrected chi connectivity index (χ1v) is 17.7. The van der Waals surface area contributed by atoms with Gasteiger partial charge in [-0.05, 0) is 106 Å². The van der Waals surface area contributed by atoms with E-state index in [0.717, 1.165) is 92.8 Å². The van der Waals surface area contributed by atoms with Crippen LogP contribution in [0.3, 0.4) is 0 Å². The lowest BCUT2D eigenvalue weighted by Crippen LogP contribution is -2.39. The number of carboxylic acid groups (broad SMARTS) is 1. The second-order valence-electron chi connectivity index (χ2n) is 14.8. The molecule has 10 heteroatoms. The number of aromatic nitrogens is 4. The van der Waals surface area contributed by atoms with Crippen LogP contribution in [-0.2, 0) is 30.1 Å². The molecule has 0 spiro atoms. The Bertz CT molecular complexity index is 1540. The number of aliphatic carboxylic acids is 1. The second-order valence-corrected chi connectivity index (χ2v) is 14.8. The molecular weight excluding hydrogens is 593 g/mol. The van der Waals surface area contributed by atoms with Crippen LogP contribution >= 0.6 is 0 Å². The van der Waals surface area contributed by atoms with E-state index in [1.165, 1.54) is 18.9 Å². The third kappa shape index (κ3) is 7.79. The van der Waals surface area contributed by atoms with Gasteiger partial charge in [0.15, 0.2) is 0 Å². The van der Waals surface area contributed by atoms with Gasteiger partial charge in [0.1, 0.15) is 11.6 Å². The number of fused-ring (bicyclic) bond motifs is 1. The van der Waals surface area contributed by atoms with Crippen LogP contribution < -0.4 is 10.6 Å². The van der Waals surface area contributed by atoms with Crippen molar-refractivity contribution < 1.29 is 14.3 Å². The first kappa shape index (κ1) is 33.4. The van der Waals surface area contributed by atoms with Gasteiger partial charge in [0.05, 0.1) is 23.9 Å². The normalized spacial score (nSPS) is 26.3. The fraction of sp³-hybridized carbons (Fsp3) is 0.622. The van der Waals surface area contributed by atoms with E-state index in [0.29, 0.717) is 24.2 Å². The summed E-state index contributed by atoms with van der Waals surface area (Å²) in [5.74, 6) is 1.40. The number of carboxylic acids is 1. The van der Waals surface area contributed by atoms with Crippen LogP contribution in [0.25, 0.3) is 0 Å². The molecule has 2 aromatic heterocycles. The van der Waals surface area contributed by atoms with Crippen LogP contribution in [0, 0.1) is 23.6 Å². The van der Waals surface area contributed by atoms with E-state index in [9.17, 15) is 14.3 Å². The lowest BCUT2D eigenvalue weighted by Gasteiger charge is -2.38. The van der Waals surface area contributed by atoms with Gasteiger partial charge in [-0.15, -0.1) is 0 Å². The Kier molecular flexibility index (Phi) is 10.2. The highest BCUT2D eigenvalue weighted by atomic mass is 19.1. The van der Waals surface area contributed by atoms with Crippen molar-refractivity contribution in [1.82, 2.24) is 24.6 Å². The standard InChI is InChI=1S/C37H52FN7O2/c1-5-31(25-11-13-26(14-12-25)35(46)47)41-36-42-32-15-16-37(3,28-9-6-10-29(38)18-28)19-30(32)34(43-36)40-33(27-20-39-44(4)22-27)23-45-17-7-8-24(2)21-45/h6,9-10,18,20,22,24-26,31,33H,5,7-8,11-17,19,21,23H2,1-4H3,(H,46,47)(H2,40,41,42,43)/t24-,25?,26?,31+,33+,37+/m1/s1. The number of carbonyl (C=O) groups is 1. The minimum Gasteiger partial charge on any atom is -0.481 e. The Labute approximate surface area is 278 Å². The molecule has 0 radical (unpaired) electrons. The van der Waals surface area contributed by atoms with Crippen molar-refractivity contribution in [2.24, 2.45) is 24.8 Å². The Hall–Kier alpha value is -3.53. The zero-order chi connectivity index (χ0) is 33.1. The number of aryl methyl sites for hydroxylation is 2. The topological polar surface area (TPSA) is 108 Å². The van der Waals surface area contributed by atoms with Crippen LogP contribution in [0.5, 0.6) is 0 Å². The van der Waals surface area contributed by atoms with Crippen molar-refractivity contribution in [3.05, 3.63) is 64.9 Å². The summed E-state index contributed by atoms with van der Waals surface area (Å²) in [7, 11) is 1.96. The third-order valence-corrected chi connectivity index (χ3v) is 11.2. The minimum absolute atomic E-state index is 0.0172. The van der Waals surface area contributed by atoms with E-state index in [4.69, 9.17) is 9.97 Å². The average Bonchev–Trinajstić information content (AvgIpc) is 3.50. The summed E-state index contributed by atoms with van der Waals surface area (Å²) in [6.45, 7) is 9.76. The number of piperidine rings is 1. The van der Waals surface area contributed by atoms with Gasteiger partial charge in [0, 0.05) is 43.5 Å². The van der Waals surface area contributed by atoms with Crippen LogP contribution in [-0.4, -0.2) is 61.4 Å². The predicted octanol–water partition coefficient (Wildman–Crippen LogP) is 6.76. The summed E-state index contributed by atoms with van der Waals surface area (Å²) >= 11 is 0. The highest BCUT2D eigenvalue weighted by molar-refractivity contribution is 5.70. The smallest absolute Gasteiger partial charge is 0.306 e. The third-order valence-electron chi connectivity index (χ3n) is 11.2. The monoisotopic (exact) mass is 645 g/mol. The van der Waals surface area contributed by atoms with Crippen molar-refractivity contribution >= 4 is 17.7 Å². The van der Waals surface area contributed by atoms with Crippen molar-refractivity contribution in [2.75, 3.05) is 30.3 Å². The number of nitrogens with zero attached hydrogens (tertiary/aromatic N) is 5. The van der Waals surface area contributed by atoms with E-state index in [2.05, 4.69) is 47.6 Å². The lowest BCUT2D eigenvalue weighted by atomic mass is 9.70. The van der Waals surface area contributed by atoms with E-state index in [-0.39, 0.29) is 29.2 Å². The van der Waals surface area contributed by atoms with E-state index in [1.54, 1.807) is 12.1 Å². The van der Waals surface area contributed by atoms with Gasteiger partial charge >= 0.3 is 5.97 Å². The largest absolute Gasteiger partial charge is 0.481 e. The molecule has 1 aliphatic heterocycles. The zero-order valence-corrected chi connectivity index (χ0v) is 28.5.